The highest BCUT2D eigenvalue weighted by atomic mass is 16.6. The highest BCUT2D eigenvalue weighted by Crippen LogP contribution is 2.22. The van der Waals surface area contributed by atoms with Crippen molar-refractivity contribution in [3.05, 3.63) is 29.8 Å². The smallest absolute Gasteiger partial charge is 0.461 e. The van der Waals surface area contributed by atoms with Crippen molar-refractivity contribution in [3.8, 4) is 0 Å². The quantitative estimate of drug-likeness (QED) is 0.470. The molecule has 2 rings (SSSR count). The molecule has 1 aliphatic rings. The van der Waals surface area contributed by atoms with Gasteiger partial charge in [0.05, 0.1) is 11.7 Å². The van der Waals surface area contributed by atoms with E-state index in [0.29, 0.717) is 12.0 Å². The van der Waals surface area contributed by atoms with Crippen LogP contribution in [0.4, 0.5) is 0 Å². The van der Waals surface area contributed by atoms with Gasteiger partial charge in [-0.05, 0) is 64.4 Å². The molecule has 1 aliphatic carbocycles. The third kappa shape index (κ3) is 7.26. The lowest BCUT2D eigenvalue weighted by molar-refractivity contribution is -0.159. The molecule has 7 heteroatoms. The second-order valence-corrected chi connectivity index (χ2v) is 8.26. The summed E-state index contributed by atoms with van der Waals surface area (Å²) in [5.41, 5.74) is 0.883. The molecule has 0 bridgehead atoms. The molecule has 1 aromatic rings. The molecule has 1 fully saturated rings. The Hall–Kier alpha value is -1.41. The van der Waals surface area contributed by atoms with Crippen molar-refractivity contribution >= 4 is 18.6 Å². The van der Waals surface area contributed by atoms with Crippen LogP contribution in [0.15, 0.2) is 24.3 Å². The summed E-state index contributed by atoms with van der Waals surface area (Å²) in [6.45, 7) is 8.12. The molecule has 3 N–H and O–H groups in total. The molecule has 1 aromatic carbocycles. The lowest BCUT2D eigenvalue weighted by atomic mass is 9.79. The van der Waals surface area contributed by atoms with Crippen LogP contribution in [-0.2, 0) is 20.8 Å². The Morgan fingerprint density at radius 3 is 2.56 bits per heavy atom. The Kier molecular flexibility index (Phi) is 7.85. The van der Waals surface area contributed by atoms with Gasteiger partial charge in [-0.25, -0.2) is 0 Å². The molecule has 0 saturated heterocycles. The molecule has 0 amide bonds. The van der Waals surface area contributed by atoms with Crippen molar-refractivity contribution in [2.24, 2.45) is 0 Å². The number of hydrogen-bond donors (Lipinski definition) is 3. The predicted molar refractivity (Wildman–Crippen MR) is 106 cm³/mol. The van der Waals surface area contributed by atoms with Gasteiger partial charge in [-0.15, -0.1) is 0 Å². The first kappa shape index (κ1) is 21.9. The molecule has 0 spiro atoms. The number of esters is 1. The van der Waals surface area contributed by atoms with Crippen LogP contribution in [0.5, 0.6) is 0 Å². The first-order valence-corrected chi connectivity index (χ1v) is 9.72. The summed E-state index contributed by atoms with van der Waals surface area (Å²) in [7, 11) is -1.52. The second-order valence-electron chi connectivity index (χ2n) is 8.26. The van der Waals surface area contributed by atoms with E-state index in [-0.39, 0.29) is 23.8 Å². The summed E-state index contributed by atoms with van der Waals surface area (Å²) >= 11 is 0. The fraction of sp³-hybridized carbons (Fsp3) is 0.650. The van der Waals surface area contributed by atoms with Crippen LogP contribution in [-0.4, -0.2) is 47.0 Å². The maximum Gasteiger partial charge on any atom is 0.488 e. The van der Waals surface area contributed by atoms with Crippen molar-refractivity contribution in [2.45, 2.75) is 83.8 Å². The van der Waals surface area contributed by atoms with Gasteiger partial charge in [0.2, 0.25) is 0 Å². The third-order valence-corrected chi connectivity index (χ3v) is 4.62. The summed E-state index contributed by atoms with van der Waals surface area (Å²) in [4.78, 5) is 12.8. The van der Waals surface area contributed by atoms with Crippen LogP contribution in [0, 0.1) is 0 Å². The highest BCUT2D eigenvalue weighted by molar-refractivity contribution is 6.58. The minimum absolute atomic E-state index is 0.00324. The highest BCUT2D eigenvalue weighted by Gasteiger charge is 2.32. The van der Waals surface area contributed by atoms with E-state index in [4.69, 9.17) is 9.47 Å². The van der Waals surface area contributed by atoms with Crippen LogP contribution in [0.2, 0.25) is 0 Å². The summed E-state index contributed by atoms with van der Waals surface area (Å²) in [6.07, 6.45) is 3.66. The SMILES string of the molecule is C[C@@H](OC(C)(C)C)[C@H](NCc1cccc(B(O)O)c1)C(=O)OC1CCCC1. The van der Waals surface area contributed by atoms with Crippen LogP contribution < -0.4 is 10.8 Å². The maximum absolute atomic E-state index is 12.8. The molecular weight excluding hydrogens is 345 g/mol. The Morgan fingerprint density at radius 1 is 1.30 bits per heavy atom. The van der Waals surface area contributed by atoms with Gasteiger partial charge in [-0.1, -0.05) is 24.3 Å². The first-order chi connectivity index (χ1) is 12.7. The van der Waals surface area contributed by atoms with Gasteiger partial charge < -0.3 is 19.5 Å². The number of benzene rings is 1. The average Bonchev–Trinajstić information content (AvgIpc) is 3.06. The Bertz CT molecular complexity index is 611. The van der Waals surface area contributed by atoms with Crippen LogP contribution in [0.3, 0.4) is 0 Å². The molecule has 0 unspecified atom stereocenters. The number of rotatable bonds is 8. The second kappa shape index (κ2) is 9.69. The Morgan fingerprint density at radius 2 is 1.96 bits per heavy atom. The zero-order valence-electron chi connectivity index (χ0n) is 16.8. The molecular formula is C20H32BNO5. The largest absolute Gasteiger partial charge is 0.488 e. The van der Waals surface area contributed by atoms with E-state index in [2.05, 4.69) is 5.32 Å². The Balaban J connectivity index is 2.06. The van der Waals surface area contributed by atoms with E-state index in [0.717, 1.165) is 31.2 Å². The van der Waals surface area contributed by atoms with Crippen molar-refractivity contribution < 1.29 is 24.3 Å². The minimum atomic E-state index is -1.52. The molecule has 0 heterocycles. The molecule has 2 atom stereocenters. The lowest BCUT2D eigenvalue weighted by Crippen LogP contribution is -2.49. The topological polar surface area (TPSA) is 88.0 Å². The van der Waals surface area contributed by atoms with E-state index in [1.165, 1.54) is 0 Å². The third-order valence-electron chi connectivity index (χ3n) is 4.62. The van der Waals surface area contributed by atoms with Gasteiger partial charge in [-0.3, -0.25) is 10.1 Å². The number of nitrogens with one attached hydrogen (secondary N) is 1. The molecule has 0 aliphatic heterocycles. The zero-order chi connectivity index (χ0) is 20.0. The lowest BCUT2D eigenvalue weighted by Gasteiger charge is -2.31. The van der Waals surface area contributed by atoms with Crippen molar-refractivity contribution in [1.82, 2.24) is 5.32 Å². The summed E-state index contributed by atoms with van der Waals surface area (Å²) < 4.78 is 11.7. The Labute approximate surface area is 162 Å². The molecule has 6 nitrogen and oxygen atoms in total. The number of hydrogen-bond acceptors (Lipinski definition) is 6. The van der Waals surface area contributed by atoms with Gasteiger partial charge in [0.25, 0.3) is 0 Å². The fourth-order valence-corrected chi connectivity index (χ4v) is 3.40. The standard InChI is InChI=1S/C20H32BNO5/c1-14(27-20(2,3)4)18(19(23)26-17-10-5-6-11-17)22-13-15-8-7-9-16(12-15)21(24)25/h7-9,12,14,17-18,22,24-25H,5-6,10-11,13H2,1-4H3/t14-,18+/m1/s1. The summed E-state index contributed by atoms with van der Waals surface area (Å²) in [5, 5.41) is 21.9. The molecule has 1 saturated carbocycles. The molecule has 0 radical (unpaired) electrons. The minimum Gasteiger partial charge on any atom is -0.461 e. The van der Waals surface area contributed by atoms with Gasteiger partial charge in [-0.2, -0.15) is 0 Å². The van der Waals surface area contributed by atoms with Gasteiger partial charge in [0, 0.05) is 6.54 Å². The number of ether oxygens (including phenoxy) is 2. The van der Waals surface area contributed by atoms with Crippen molar-refractivity contribution in [2.75, 3.05) is 0 Å². The first-order valence-electron chi connectivity index (χ1n) is 9.72. The number of carbonyl (C=O) groups is 1. The predicted octanol–water partition coefficient (Wildman–Crippen LogP) is 1.51. The van der Waals surface area contributed by atoms with E-state index in [1.807, 2.05) is 33.8 Å². The van der Waals surface area contributed by atoms with E-state index in [1.54, 1.807) is 18.2 Å². The maximum atomic E-state index is 12.8. The van der Waals surface area contributed by atoms with E-state index >= 15 is 0 Å². The molecule has 0 aromatic heterocycles. The number of carbonyl (C=O) groups excluding carboxylic acids is 1. The van der Waals surface area contributed by atoms with Crippen LogP contribution in [0.25, 0.3) is 0 Å². The van der Waals surface area contributed by atoms with Crippen molar-refractivity contribution in [1.29, 1.82) is 0 Å². The van der Waals surface area contributed by atoms with Gasteiger partial charge in [0.1, 0.15) is 12.1 Å². The van der Waals surface area contributed by atoms with Gasteiger partial charge >= 0.3 is 13.1 Å². The molecule has 150 valence electrons. The zero-order valence-corrected chi connectivity index (χ0v) is 16.8. The average molecular weight is 377 g/mol. The van der Waals surface area contributed by atoms with E-state index < -0.39 is 13.2 Å². The van der Waals surface area contributed by atoms with Crippen LogP contribution in [0.1, 0.15) is 58.9 Å². The van der Waals surface area contributed by atoms with Gasteiger partial charge in [0.15, 0.2) is 0 Å². The van der Waals surface area contributed by atoms with Crippen molar-refractivity contribution in [3.63, 3.8) is 0 Å². The monoisotopic (exact) mass is 377 g/mol. The normalized spacial score (nSPS) is 17.6. The fourth-order valence-electron chi connectivity index (χ4n) is 3.40. The molecule has 27 heavy (non-hydrogen) atoms. The van der Waals surface area contributed by atoms with E-state index in [9.17, 15) is 14.8 Å². The summed E-state index contributed by atoms with van der Waals surface area (Å²) in [5.74, 6) is -0.294. The summed E-state index contributed by atoms with van der Waals surface area (Å²) in [6, 6.07) is 6.37. The van der Waals surface area contributed by atoms with Crippen LogP contribution >= 0.6 is 0 Å².